The molecule has 0 aliphatic heterocycles. The van der Waals surface area contributed by atoms with Crippen molar-refractivity contribution >= 4 is 11.8 Å². The van der Waals surface area contributed by atoms with E-state index in [0.29, 0.717) is 6.54 Å². The van der Waals surface area contributed by atoms with Crippen molar-refractivity contribution in [2.75, 3.05) is 27.2 Å². The number of halogens is 2. The van der Waals surface area contributed by atoms with E-state index in [0.717, 1.165) is 5.56 Å². The van der Waals surface area contributed by atoms with Gasteiger partial charge in [-0.1, -0.05) is 12.1 Å². The predicted octanol–water partition coefficient (Wildman–Crippen LogP) is 0.582. The molecule has 1 aromatic rings. The number of hydrogen-bond acceptors (Lipinski definition) is 4. The highest BCUT2D eigenvalue weighted by molar-refractivity contribution is 5.85. The van der Waals surface area contributed by atoms with Gasteiger partial charge in [-0.05, 0) is 24.7 Å². The second kappa shape index (κ2) is 8.93. The molecule has 8 heteroatoms. The molecule has 0 atom stereocenters. The summed E-state index contributed by atoms with van der Waals surface area (Å²) in [7, 11) is 3.23. The van der Waals surface area contributed by atoms with E-state index in [-0.39, 0.29) is 30.7 Å². The van der Waals surface area contributed by atoms with Gasteiger partial charge >= 0.3 is 6.61 Å². The molecule has 122 valence electrons. The zero-order chi connectivity index (χ0) is 16.5. The SMILES string of the molecule is CNC(=O)CNC(=O)CN(C)Cc1ccc(OC(F)F)cc1. The lowest BCUT2D eigenvalue weighted by Crippen LogP contribution is -2.40. The first-order valence-electron chi connectivity index (χ1n) is 6.60. The number of alkyl halides is 2. The Balaban J connectivity index is 2.39. The molecule has 0 spiro atoms. The minimum Gasteiger partial charge on any atom is -0.435 e. The Bertz CT molecular complexity index is 495. The maximum Gasteiger partial charge on any atom is 0.387 e. The highest BCUT2D eigenvalue weighted by atomic mass is 19.3. The van der Waals surface area contributed by atoms with E-state index in [2.05, 4.69) is 15.4 Å². The molecule has 2 N–H and O–H groups in total. The number of carbonyl (C=O) groups excluding carboxylic acids is 2. The van der Waals surface area contributed by atoms with Crippen LogP contribution in [0.2, 0.25) is 0 Å². The number of hydrogen-bond donors (Lipinski definition) is 2. The van der Waals surface area contributed by atoms with Crippen LogP contribution in [0.25, 0.3) is 0 Å². The van der Waals surface area contributed by atoms with E-state index in [1.54, 1.807) is 24.1 Å². The number of nitrogens with one attached hydrogen (secondary N) is 2. The van der Waals surface area contributed by atoms with Gasteiger partial charge in [0.2, 0.25) is 11.8 Å². The van der Waals surface area contributed by atoms with Crippen molar-refractivity contribution < 1.29 is 23.1 Å². The standard InChI is InChI=1S/C14H19F2N3O3/c1-17-12(20)7-18-13(21)9-19(2)8-10-3-5-11(6-4-10)22-14(15)16/h3-6,14H,7-9H2,1-2H3,(H,17,20)(H,18,21). The van der Waals surface area contributed by atoms with Crippen LogP contribution in [0.3, 0.4) is 0 Å². The van der Waals surface area contributed by atoms with Crippen LogP contribution in [0.15, 0.2) is 24.3 Å². The Morgan fingerprint density at radius 1 is 1.23 bits per heavy atom. The van der Waals surface area contributed by atoms with Crippen molar-refractivity contribution in [3.05, 3.63) is 29.8 Å². The van der Waals surface area contributed by atoms with Gasteiger partial charge in [-0.3, -0.25) is 14.5 Å². The zero-order valence-electron chi connectivity index (χ0n) is 12.4. The summed E-state index contributed by atoms with van der Waals surface area (Å²) in [5.41, 5.74) is 0.850. The summed E-state index contributed by atoms with van der Waals surface area (Å²) >= 11 is 0. The maximum absolute atomic E-state index is 12.0. The molecule has 1 aromatic carbocycles. The van der Waals surface area contributed by atoms with Crippen molar-refractivity contribution in [3.63, 3.8) is 0 Å². The Kier molecular flexibility index (Phi) is 7.24. The highest BCUT2D eigenvalue weighted by Crippen LogP contribution is 2.15. The first-order chi connectivity index (χ1) is 10.4. The molecule has 0 radical (unpaired) electrons. The molecule has 2 amide bonds. The number of nitrogens with zero attached hydrogens (tertiary/aromatic N) is 1. The fraction of sp³-hybridized carbons (Fsp3) is 0.429. The van der Waals surface area contributed by atoms with E-state index in [9.17, 15) is 18.4 Å². The Morgan fingerprint density at radius 3 is 2.41 bits per heavy atom. The zero-order valence-corrected chi connectivity index (χ0v) is 12.4. The number of benzene rings is 1. The average molecular weight is 315 g/mol. The second-order valence-corrected chi connectivity index (χ2v) is 4.64. The quantitative estimate of drug-likeness (QED) is 0.736. The van der Waals surface area contributed by atoms with Crippen molar-refractivity contribution in [1.29, 1.82) is 0 Å². The number of rotatable bonds is 8. The third-order valence-electron chi connectivity index (χ3n) is 2.74. The summed E-state index contributed by atoms with van der Waals surface area (Å²) in [6, 6.07) is 6.19. The third kappa shape index (κ3) is 6.98. The monoisotopic (exact) mass is 315 g/mol. The first kappa shape index (κ1) is 17.8. The lowest BCUT2D eigenvalue weighted by Gasteiger charge is -2.16. The summed E-state index contributed by atoms with van der Waals surface area (Å²) in [6.07, 6.45) is 0. The molecular formula is C14H19F2N3O3. The van der Waals surface area contributed by atoms with Crippen LogP contribution >= 0.6 is 0 Å². The summed E-state index contributed by atoms with van der Waals surface area (Å²) in [4.78, 5) is 24.3. The normalized spacial score (nSPS) is 10.6. The van der Waals surface area contributed by atoms with Crippen molar-refractivity contribution in [2.24, 2.45) is 0 Å². The lowest BCUT2D eigenvalue weighted by atomic mass is 10.2. The topological polar surface area (TPSA) is 70.7 Å². The lowest BCUT2D eigenvalue weighted by molar-refractivity contribution is -0.126. The first-order valence-corrected chi connectivity index (χ1v) is 6.60. The second-order valence-electron chi connectivity index (χ2n) is 4.64. The fourth-order valence-electron chi connectivity index (χ4n) is 1.71. The van der Waals surface area contributed by atoms with Crippen LogP contribution in [0.4, 0.5) is 8.78 Å². The molecule has 0 unspecified atom stereocenters. The highest BCUT2D eigenvalue weighted by Gasteiger charge is 2.09. The molecule has 6 nitrogen and oxygen atoms in total. The van der Waals surface area contributed by atoms with Gasteiger partial charge in [-0.2, -0.15) is 8.78 Å². The van der Waals surface area contributed by atoms with E-state index < -0.39 is 6.61 Å². The molecule has 0 saturated carbocycles. The molecular weight excluding hydrogens is 296 g/mol. The minimum atomic E-state index is -2.85. The van der Waals surface area contributed by atoms with Gasteiger partial charge in [-0.15, -0.1) is 0 Å². The summed E-state index contributed by atoms with van der Waals surface area (Å²) < 4.78 is 28.3. The van der Waals surface area contributed by atoms with Crippen LogP contribution in [0, 0.1) is 0 Å². The van der Waals surface area contributed by atoms with Crippen molar-refractivity contribution in [3.8, 4) is 5.75 Å². The molecule has 0 saturated heterocycles. The van der Waals surface area contributed by atoms with Gasteiger partial charge in [0.15, 0.2) is 0 Å². The summed E-state index contributed by atoms with van der Waals surface area (Å²) in [5, 5.41) is 4.88. The number of likely N-dealkylation sites (N-methyl/N-ethyl adjacent to an activating group) is 2. The van der Waals surface area contributed by atoms with Gasteiger partial charge in [-0.25, -0.2) is 0 Å². The fourth-order valence-corrected chi connectivity index (χ4v) is 1.71. The molecule has 0 aliphatic rings. The molecule has 1 rings (SSSR count). The summed E-state index contributed by atoms with van der Waals surface area (Å²) in [6.45, 7) is -2.34. The largest absolute Gasteiger partial charge is 0.435 e. The molecule has 0 bridgehead atoms. The predicted molar refractivity (Wildman–Crippen MR) is 76.5 cm³/mol. The van der Waals surface area contributed by atoms with Gasteiger partial charge in [0, 0.05) is 13.6 Å². The third-order valence-corrected chi connectivity index (χ3v) is 2.74. The maximum atomic E-state index is 12.0. The Morgan fingerprint density at radius 2 is 1.86 bits per heavy atom. The molecule has 22 heavy (non-hydrogen) atoms. The van der Waals surface area contributed by atoms with Crippen LogP contribution in [0.1, 0.15) is 5.56 Å². The van der Waals surface area contributed by atoms with Crippen LogP contribution in [-0.2, 0) is 16.1 Å². The summed E-state index contributed by atoms with van der Waals surface area (Å²) in [5.74, 6) is -0.459. The van der Waals surface area contributed by atoms with Gasteiger partial charge in [0.05, 0.1) is 13.1 Å². The van der Waals surface area contributed by atoms with Crippen LogP contribution in [0.5, 0.6) is 5.75 Å². The van der Waals surface area contributed by atoms with Gasteiger partial charge < -0.3 is 15.4 Å². The molecule has 0 heterocycles. The smallest absolute Gasteiger partial charge is 0.387 e. The minimum absolute atomic E-state index is 0.0666. The van der Waals surface area contributed by atoms with Crippen molar-refractivity contribution in [1.82, 2.24) is 15.5 Å². The molecule has 0 aliphatic carbocycles. The van der Waals surface area contributed by atoms with E-state index in [1.165, 1.54) is 19.2 Å². The molecule has 0 aromatic heterocycles. The number of carbonyl (C=O) groups is 2. The van der Waals surface area contributed by atoms with Crippen molar-refractivity contribution in [2.45, 2.75) is 13.2 Å². The van der Waals surface area contributed by atoms with Gasteiger partial charge in [0.25, 0.3) is 0 Å². The average Bonchev–Trinajstić information content (AvgIpc) is 2.46. The van der Waals surface area contributed by atoms with Gasteiger partial charge in [0.1, 0.15) is 5.75 Å². The van der Waals surface area contributed by atoms with Crippen LogP contribution < -0.4 is 15.4 Å². The van der Waals surface area contributed by atoms with Crippen LogP contribution in [-0.4, -0.2) is 50.5 Å². The number of ether oxygens (including phenoxy) is 1. The molecule has 0 fully saturated rings. The van der Waals surface area contributed by atoms with E-state index in [4.69, 9.17) is 0 Å². The van der Waals surface area contributed by atoms with E-state index >= 15 is 0 Å². The Hall–Kier alpha value is -2.22. The van der Waals surface area contributed by atoms with E-state index in [1.807, 2.05) is 0 Å². The number of amides is 2. The Labute approximate surface area is 127 Å².